The Balaban J connectivity index is 1.93. The average Bonchev–Trinajstić information content (AvgIpc) is 2.68. The molecule has 0 saturated carbocycles. The van der Waals surface area contributed by atoms with Crippen LogP contribution in [-0.4, -0.2) is 45.8 Å². The normalized spacial score (nSPS) is 10.1. The SMILES string of the molecule is CCOc1ccc(C(=O)OCC(=O)Nc2ccc(N(C)C)cc2)cc1OCC. The molecule has 1 amide bonds. The predicted octanol–water partition coefficient (Wildman–Crippen LogP) is 3.35. The Morgan fingerprint density at radius 1 is 0.929 bits per heavy atom. The number of esters is 1. The van der Waals surface area contributed by atoms with Crippen molar-refractivity contribution < 1.29 is 23.8 Å². The average molecular weight is 386 g/mol. The van der Waals surface area contributed by atoms with Gasteiger partial charge in [0.15, 0.2) is 18.1 Å². The van der Waals surface area contributed by atoms with E-state index in [1.165, 1.54) is 0 Å². The van der Waals surface area contributed by atoms with Crippen LogP contribution in [0.3, 0.4) is 0 Å². The Morgan fingerprint density at radius 2 is 1.57 bits per heavy atom. The van der Waals surface area contributed by atoms with Crippen LogP contribution >= 0.6 is 0 Å². The van der Waals surface area contributed by atoms with Crippen LogP contribution in [0.2, 0.25) is 0 Å². The minimum atomic E-state index is -0.609. The van der Waals surface area contributed by atoms with E-state index in [2.05, 4.69) is 5.32 Å². The number of hydrogen-bond acceptors (Lipinski definition) is 6. The monoisotopic (exact) mass is 386 g/mol. The highest BCUT2D eigenvalue weighted by Gasteiger charge is 2.14. The fourth-order valence-corrected chi connectivity index (χ4v) is 2.43. The van der Waals surface area contributed by atoms with E-state index < -0.39 is 11.9 Å². The third-order valence-corrected chi connectivity index (χ3v) is 3.78. The zero-order valence-electron chi connectivity index (χ0n) is 16.7. The number of nitrogens with zero attached hydrogens (tertiary/aromatic N) is 1. The first-order valence-corrected chi connectivity index (χ1v) is 9.08. The van der Waals surface area contributed by atoms with Gasteiger partial charge >= 0.3 is 5.97 Å². The van der Waals surface area contributed by atoms with Gasteiger partial charge in [0.1, 0.15) is 0 Å². The first kappa shape index (κ1) is 21.1. The van der Waals surface area contributed by atoms with Gasteiger partial charge in [-0.3, -0.25) is 4.79 Å². The fraction of sp³-hybridized carbons (Fsp3) is 0.333. The molecule has 150 valence electrons. The van der Waals surface area contributed by atoms with E-state index in [-0.39, 0.29) is 12.2 Å². The number of amides is 1. The van der Waals surface area contributed by atoms with Crippen LogP contribution in [0.1, 0.15) is 24.2 Å². The summed E-state index contributed by atoms with van der Waals surface area (Å²) >= 11 is 0. The number of carbonyl (C=O) groups excluding carboxylic acids is 2. The van der Waals surface area contributed by atoms with Gasteiger partial charge in [-0.2, -0.15) is 0 Å². The second-order valence-electron chi connectivity index (χ2n) is 6.09. The topological polar surface area (TPSA) is 77.1 Å². The van der Waals surface area contributed by atoms with E-state index in [9.17, 15) is 9.59 Å². The zero-order valence-corrected chi connectivity index (χ0v) is 16.7. The molecule has 2 rings (SSSR count). The van der Waals surface area contributed by atoms with E-state index in [0.717, 1.165) is 5.69 Å². The summed E-state index contributed by atoms with van der Waals surface area (Å²) in [5.74, 6) is -0.00641. The molecule has 0 bridgehead atoms. The van der Waals surface area contributed by atoms with Crippen LogP contribution in [0.5, 0.6) is 11.5 Å². The lowest BCUT2D eigenvalue weighted by Crippen LogP contribution is -2.21. The van der Waals surface area contributed by atoms with Gasteiger partial charge in [-0.25, -0.2) is 4.79 Å². The number of ether oxygens (including phenoxy) is 3. The van der Waals surface area contributed by atoms with Crippen molar-refractivity contribution >= 4 is 23.3 Å². The van der Waals surface area contributed by atoms with Crippen LogP contribution < -0.4 is 19.7 Å². The summed E-state index contributed by atoms with van der Waals surface area (Å²) in [6, 6.07) is 12.1. The highest BCUT2D eigenvalue weighted by molar-refractivity contribution is 5.95. The van der Waals surface area contributed by atoms with Gasteiger partial charge in [0.2, 0.25) is 0 Å². The first-order chi connectivity index (χ1) is 13.4. The smallest absolute Gasteiger partial charge is 0.338 e. The molecule has 0 radical (unpaired) electrons. The molecule has 0 aromatic heterocycles. The summed E-state index contributed by atoms with van der Waals surface area (Å²) in [5, 5.41) is 2.69. The van der Waals surface area contributed by atoms with Gasteiger partial charge in [0.25, 0.3) is 5.91 Å². The molecular weight excluding hydrogens is 360 g/mol. The lowest BCUT2D eigenvalue weighted by atomic mass is 10.2. The number of hydrogen-bond donors (Lipinski definition) is 1. The minimum absolute atomic E-state index is 0.287. The third kappa shape index (κ3) is 5.90. The Hall–Kier alpha value is -3.22. The Labute approximate surface area is 165 Å². The first-order valence-electron chi connectivity index (χ1n) is 9.08. The highest BCUT2D eigenvalue weighted by atomic mass is 16.5. The van der Waals surface area contributed by atoms with Crippen molar-refractivity contribution in [1.29, 1.82) is 0 Å². The number of rotatable bonds is 9. The van der Waals surface area contributed by atoms with E-state index in [1.807, 2.05) is 45.0 Å². The molecule has 0 unspecified atom stereocenters. The summed E-state index contributed by atoms with van der Waals surface area (Å²) in [6.45, 7) is 4.25. The van der Waals surface area contributed by atoms with Crippen molar-refractivity contribution in [3.63, 3.8) is 0 Å². The molecule has 0 fully saturated rings. The summed E-state index contributed by atoms with van der Waals surface area (Å²) in [4.78, 5) is 26.2. The molecule has 0 atom stereocenters. The number of carbonyl (C=O) groups is 2. The van der Waals surface area contributed by atoms with Crippen LogP contribution in [0.15, 0.2) is 42.5 Å². The Morgan fingerprint density at radius 3 is 2.18 bits per heavy atom. The van der Waals surface area contributed by atoms with E-state index in [4.69, 9.17) is 14.2 Å². The van der Waals surface area contributed by atoms with Crippen molar-refractivity contribution in [1.82, 2.24) is 0 Å². The van der Waals surface area contributed by atoms with Crippen molar-refractivity contribution in [3.05, 3.63) is 48.0 Å². The highest BCUT2D eigenvalue weighted by Crippen LogP contribution is 2.28. The predicted molar refractivity (Wildman–Crippen MR) is 108 cm³/mol. The molecule has 0 aliphatic carbocycles. The summed E-state index contributed by atoms with van der Waals surface area (Å²) in [6.07, 6.45) is 0. The second kappa shape index (κ2) is 10.2. The van der Waals surface area contributed by atoms with Crippen molar-refractivity contribution in [2.45, 2.75) is 13.8 Å². The van der Waals surface area contributed by atoms with Crippen LogP contribution in [0.25, 0.3) is 0 Å². The second-order valence-corrected chi connectivity index (χ2v) is 6.09. The summed E-state index contributed by atoms with van der Waals surface area (Å²) < 4.78 is 16.1. The number of nitrogens with one attached hydrogen (secondary N) is 1. The zero-order chi connectivity index (χ0) is 20.5. The maximum absolute atomic E-state index is 12.2. The molecule has 1 N–H and O–H groups in total. The summed E-state index contributed by atoms with van der Waals surface area (Å²) in [7, 11) is 3.87. The van der Waals surface area contributed by atoms with Gasteiger partial charge in [-0.05, 0) is 56.3 Å². The molecule has 2 aromatic carbocycles. The molecule has 28 heavy (non-hydrogen) atoms. The van der Waals surface area contributed by atoms with Crippen molar-refractivity contribution in [2.75, 3.05) is 44.1 Å². The van der Waals surface area contributed by atoms with Gasteiger partial charge in [-0.1, -0.05) is 0 Å². The van der Waals surface area contributed by atoms with Gasteiger partial charge < -0.3 is 24.4 Å². The van der Waals surface area contributed by atoms with Crippen LogP contribution in [-0.2, 0) is 9.53 Å². The number of benzene rings is 2. The van der Waals surface area contributed by atoms with Crippen molar-refractivity contribution in [3.8, 4) is 11.5 Å². The standard InChI is InChI=1S/C21H26N2O5/c1-5-26-18-12-7-15(13-19(18)27-6-2)21(25)28-14-20(24)22-16-8-10-17(11-9-16)23(3)4/h7-13H,5-6,14H2,1-4H3,(H,22,24). The lowest BCUT2D eigenvalue weighted by molar-refractivity contribution is -0.119. The van der Waals surface area contributed by atoms with E-state index in [0.29, 0.717) is 30.4 Å². The van der Waals surface area contributed by atoms with Crippen LogP contribution in [0.4, 0.5) is 11.4 Å². The maximum atomic E-state index is 12.2. The molecule has 0 aliphatic heterocycles. The molecule has 0 aliphatic rings. The molecular formula is C21H26N2O5. The molecule has 0 saturated heterocycles. The molecule has 7 nitrogen and oxygen atoms in total. The minimum Gasteiger partial charge on any atom is -0.490 e. The molecule has 0 heterocycles. The molecule has 2 aromatic rings. The summed E-state index contributed by atoms with van der Waals surface area (Å²) in [5.41, 5.74) is 1.94. The number of anilines is 2. The molecule has 7 heteroatoms. The third-order valence-electron chi connectivity index (χ3n) is 3.78. The lowest BCUT2D eigenvalue weighted by Gasteiger charge is -2.13. The Kier molecular flexibility index (Phi) is 7.68. The van der Waals surface area contributed by atoms with Crippen molar-refractivity contribution in [2.24, 2.45) is 0 Å². The van der Waals surface area contributed by atoms with Gasteiger partial charge in [0.05, 0.1) is 18.8 Å². The van der Waals surface area contributed by atoms with Gasteiger partial charge in [0, 0.05) is 25.5 Å². The fourth-order valence-electron chi connectivity index (χ4n) is 2.43. The van der Waals surface area contributed by atoms with E-state index in [1.54, 1.807) is 30.3 Å². The van der Waals surface area contributed by atoms with Crippen LogP contribution in [0, 0.1) is 0 Å². The Bertz CT molecular complexity index is 803. The largest absolute Gasteiger partial charge is 0.490 e. The maximum Gasteiger partial charge on any atom is 0.338 e. The van der Waals surface area contributed by atoms with Gasteiger partial charge in [-0.15, -0.1) is 0 Å². The van der Waals surface area contributed by atoms with E-state index >= 15 is 0 Å². The molecule has 0 spiro atoms. The quantitative estimate of drug-likeness (QED) is 0.666.